The van der Waals surface area contributed by atoms with Crippen LogP contribution in [0.5, 0.6) is 0 Å². The van der Waals surface area contributed by atoms with Gasteiger partial charge in [-0.25, -0.2) is 0 Å². The molecule has 0 fully saturated rings. The molecular weight excluding hydrogens is 262 g/mol. The van der Waals surface area contributed by atoms with Crippen molar-refractivity contribution in [2.24, 2.45) is 0 Å². The molecular formula is C18H21NO2. The third-order valence-electron chi connectivity index (χ3n) is 3.76. The normalized spacial score (nSPS) is 11.4. The Kier molecular flexibility index (Phi) is 4.12. The highest BCUT2D eigenvalue weighted by atomic mass is 16.6. The summed E-state index contributed by atoms with van der Waals surface area (Å²) >= 11 is 0. The molecule has 0 unspecified atom stereocenters. The second-order valence-corrected chi connectivity index (χ2v) is 6.49. The number of rotatable bonds is 3. The lowest BCUT2D eigenvalue weighted by atomic mass is 9.84. The summed E-state index contributed by atoms with van der Waals surface area (Å²) in [6.45, 7) is 8.71. The van der Waals surface area contributed by atoms with Crippen LogP contribution < -0.4 is 0 Å². The van der Waals surface area contributed by atoms with Crippen LogP contribution in [0.2, 0.25) is 0 Å². The first-order valence-electron chi connectivity index (χ1n) is 7.11. The lowest BCUT2D eigenvalue weighted by molar-refractivity contribution is -0.384. The Morgan fingerprint density at radius 2 is 1.67 bits per heavy atom. The van der Waals surface area contributed by atoms with E-state index in [2.05, 4.69) is 45.9 Å². The molecule has 2 aromatic carbocycles. The van der Waals surface area contributed by atoms with Gasteiger partial charge in [0, 0.05) is 12.1 Å². The number of aryl methyl sites for hydroxylation is 1. The predicted octanol–water partition coefficient (Wildman–Crippen LogP) is 4.79. The van der Waals surface area contributed by atoms with Crippen molar-refractivity contribution in [3.8, 4) is 0 Å². The molecule has 2 rings (SSSR count). The molecule has 0 aromatic heterocycles. The third kappa shape index (κ3) is 3.69. The summed E-state index contributed by atoms with van der Waals surface area (Å²) < 4.78 is 0. The molecule has 0 saturated carbocycles. The lowest BCUT2D eigenvalue weighted by Gasteiger charge is -2.21. The van der Waals surface area contributed by atoms with E-state index in [1.54, 1.807) is 12.1 Å². The van der Waals surface area contributed by atoms with Crippen LogP contribution in [0.1, 0.15) is 43.0 Å². The smallest absolute Gasteiger partial charge is 0.258 e. The first-order chi connectivity index (χ1) is 9.77. The summed E-state index contributed by atoms with van der Waals surface area (Å²) in [7, 11) is 0. The molecule has 110 valence electrons. The van der Waals surface area contributed by atoms with E-state index in [0.717, 1.165) is 12.0 Å². The van der Waals surface area contributed by atoms with E-state index < -0.39 is 0 Å². The molecule has 0 aliphatic carbocycles. The van der Waals surface area contributed by atoms with Gasteiger partial charge in [0.2, 0.25) is 0 Å². The third-order valence-corrected chi connectivity index (χ3v) is 3.76. The van der Waals surface area contributed by atoms with Crippen molar-refractivity contribution in [1.29, 1.82) is 0 Å². The van der Waals surface area contributed by atoms with Gasteiger partial charge >= 0.3 is 0 Å². The van der Waals surface area contributed by atoms with E-state index in [4.69, 9.17) is 0 Å². The van der Waals surface area contributed by atoms with E-state index in [9.17, 15) is 10.1 Å². The van der Waals surface area contributed by atoms with E-state index in [-0.39, 0.29) is 16.0 Å². The van der Waals surface area contributed by atoms with Gasteiger partial charge in [0.25, 0.3) is 5.69 Å². The van der Waals surface area contributed by atoms with Gasteiger partial charge in [-0.1, -0.05) is 51.1 Å². The fraction of sp³-hybridized carbons (Fsp3) is 0.333. The Bertz CT molecular complexity index is 652. The van der Waals surface area contributed by atoms with Crippen molar-refractivity contribution in [3.05, 3.63) is 74.8 Å². The Balaban J connectivity index is 2.28. The minimum absolute atomic E-state index is 0.123. The van der Waals surface area contributed by atoms with E-state index >= 15 is 0 Å². The van der Waals surface area contributed by atoms with Crippen molar-refractivity contribution in [1.82, 2.24) is 0 Å². The number of nitro groups is 1. The maximum atomic E-state index is 10.7. The van der Waals surface area contributed by atoms with Crippen LogP contribution in [0.25, 0.3) is 0 Å². The predicted molar refractivity (Wildman–Crippen MR) is 85.8 cm³/mol. The summed E-state index contributed by atoms with van der Waals surface area (Å²) in [5.41, 5.74) is 5.19. The monoisotopic (exact) mass is 283 g/mol. The number of nitro benzene ring substituents is 1. The molecule has 0 atom stereocenters. The Morgan fingerprint density at radius 1 is 1.05 bits per heavy atom. The highest BCUT2D eigenvalue weighted by Crippen LogP contribution is 2.26. The van der Waals surface area contributed by atoms with Crippen LogP contribution in [-0.4, -0.2) is 4.92 Å². The largest absolute Gasteiger partial charge is 0.269 e. The maximum Gasteiger partial charge on any atom is 0.269 e. The average molecular weight is 283 g/mol. The fourth-order valence-corrected chi connectivity index (χ4v) is 2.28. The van der Waals surface area contributed by atoms with Crippen LogP contribution in [0.15, 0.2) is 42.5 Å². The van der Waals surface area contributed by atoms with Crippen LogP contribution in [0.3, 0.4) is 0 Å². The van der Waals surface area contributed by atoms with Crippen molar-refractivity contribution in [2.45, 2.75) is 39.5 Å². The summed E-state index contributed by atoms with van der Waals surface area (Å²) in [5, 5.41) is 10.7. The molecule has 0 amide bonds. The SMILES string of the molecule is Cc1ccc(C(C)(C)C)cc1Cc1ccc([N+](=O)[O-])cc1. The minimum atomic E-state index is -0.366. The number of non-ortho nitro benzene ring substituents is 1. The van der Waals surface area contributed by atoms with Gasteiger partial charge in [-0.05, 0) is 41.0 Å². The molecule has 3 heteroatoms. The molecule has 0 aliphatic rings. The van der Waals surface area contributed by atoms with Gasteiger partial charge in [0.05, 0.1) is 4.92 Å². The van der Waals surface area contributed by atoms with Gasteiger partial charge < -0.3 is 0 Å². The number of hydrogen-bond donors (Lipinski definition) is 0. The zero-order chi connectivity index (χ0) is 15.6. The molecule has 0 aliphatic heterocycles. The first-order valence-corrected chi connectivity index (χ1v) is 7.11. The van der Waals surface area contributed by atoms with E-state index in [1.165, 1.54) is 16.7 Å². The summed E-state index contributed by atoms with van der Waals surface area (Å²) in [6.07, 6.45) is 0.799. The highest BCUT2D eigenvalue weighted by Gasteiger charge is 2.15. The molecule has 2 aromatic rings. The van der Waals surface area contributed by atoms with Crippen LogP contribution in [0, 0.1) is 17.0 Å². The summed E-state index contributed by atoms with van der Waals surface area (Å²) in [4.78, 5) is 10.3. The number of nitrogens with zero attached hydrogens (tertiary/aromatic N) is 1. The van der Waals surface area contributed by atoms with Gasteiger partial charge in [0.1, 0.15) is 0 Å². The van der Waals surface area contributed by atoms with Gasteiger partial charge in [-0.15, -0.1) is 0 Å². The lowest BCUT2D eigenvalue weighted by Crippen LogP contribution is -2.11. The van der Waals surface area contributed by atoms with E-state index in [1.807, 2.05) is 12.1 Å². The molecule has 21 heavy (non-hydrogen) atoms. The van der Waals surface area contributed by atoms with Crippen LogP contribution >= 0.6 is 0 Å². The minimum Gasteiger partial charge on any atom is -0.258 e. The van der Waals surface area contributed by atoms with Gasteiger partial charge in [-0.2, -0.15) is 0 Å². The zero-order valence-electron chi connectivity index (χ0n) is 13.0. The molecule has 0 spiro atoms. The summed E-state index contributed by atoms with van der Waals surface area (Å²) in [6, 6.07) is 13.4. The van der Waals surface area contributed by atoms with Crippen molar-refractivity contribution >= 4 is 5.69 Å². The second kappa shape index (κ2) is 5.68. The van der Waals surface area contributed by atoms with Crippen LogP contribution in [0.4, 0.5) is 5.69 Å². The molecule has 3 nitrogen and oxygen atoms in total. The van der Waals surface area contributed by atoms with Gasteiger partial charge in [0.15, 0.2) is 0 Å². The van der Waals surface area contributed by atoms with Crippen molar-refractivity contribution in [2.75, 3.05) is 0 Å². The molecule has 0 heterocycles. The number of hydrogen-bond acceptors (Lipinski definition) is 2. The van der Waals surface area contributed by atoms with Crippen molar-refractivity contribution in [3.63, 3.8) is 0 Å². The molecule has 0 saturated heterocycles. The van der Waals surface area contributed by atoms with E-state index in [0.29, 0.717) is 0 Å². The summed E-state index contributed by atoms with van der Waals surface area (Å²) in [5.74, 6) is 0. The Hall–Kier alpha value is -2.16. The zero-order valence-corrected chi connectivity index (χ0v) is 13.0. The van der Waals surface area contributed by atoms with Crippen LogP contribution in [-0.2, 0) is 11.8 Å². The first kappa shape index (κ1) is 15.2. The Morgan fingerprint density at radius 3 is 2.19 bits per heavy atom. The molecule has 0 N–H and O–H groups in total. The van der Waals surface area contributed by atoms with Crippen molar-refractivity contribution < 1.29 is 4.92 Å². The highest BCUT2D eigenvalue weighted by molar-refractivity contribution is 5.40. The standard InChI is InChI=1S/C18H21NO2/c1-13-5-8-16(18(2,3)4)12-15(13)11-14-6-9-17(10-7-14)19(20)21/h5-10,12H,11H2,1-4H3. The molecule has 0 radical (unpaired) electrons. The fourth-order valence-electron chi connectivity index (χ4n) is 2.28. The second-order valence-electron chi connectivity index (χ2n) is 6.49. The maximum absolute atomic E-state index is 10.7. The quantitative estimate of drug-likeness (QED) is 0.600. The van der Waals surface area contributed by atoms with Gasteiger partial charge in [-0.3, -0.25) is 10.1 Å². The average Bonchev–Trinajstić information content (AvgIpc) is 2.40. The topological polar surface area (TPSA) is 43.1 Å². The Labute approximate surface area is 125 Å². The number of benzene rings is 2. The molecule has 0 bridgehead atoms.